The fourth-order valence-corrected chi connectivity index (χ4v) is 2.60. The van der Waals surface area contributed by atoms with Crippen molar-refractivity contribution in [1.82, 2.24) is 4.90 Å². The summed E-state index contributed by atoms with van der Waals surface area (Å²) in [6, 6.07) is 10.9. The van der Waals surface area contributed by atoms with Crippen LogP contribution in [0.5, 0.6) is 0 Å². The Kier molecular flexibility index (Phi) is 4.43. The van der Waals surface area contributed by atoms with Crippen molar-refractivity contribution in [2.24, 2.45) is 10.9 Å². The van der Waals surface area contributed by atoms with E-state index in [2.05, 4.69) is 64.5 Å². The molecule has 0 spiro atoms. The van der Waals surface area contributed by atoms with Crippen LogP contribution in [0.4, 0.5) is 0 Å². The summed E-state index contributed by atoms with van der Waals surface area (Å²) in [7, 11) is 0. The van der Waals surface area contributed by atoms with Gasteiger partial charge in [-0.1, -0.05) is 30.3 Å². The summed E-state index contributed by atoms with van der Waals surface area (Å²) < 4.78 is 0. The molecule has 0 radical (unpaired) electrons. The lowest BCUT2D eigenvalue weighted by molar-refractivity contribution is 0.309. The summed E-state index contributed by atoms with van der Waals surface area (Å²) in [6.45, 7) is 5.47. The number of hydrogen-bond acceptors (Lipinski definition) is 3. The molecule has 1 aliphatic heterocycles. The predicted molar refractivity (Wildman–Crippen MR) is 74.3 cm³/mol. The number of rotatable bonds is 4. The van der Waals surface area contributed by atoms with E-state index in [-0.39, 0.29) is 0 Å². The normalized spacial score (nSPS) is 22.1. The number of benzene rings is 1. The fraction of sp³-hybridized carbons (Fsp3) is 0.500. The molecule has 1 fully saturated rings. The number of hydrogen-bond donors (Lipinski definition) is 0. The first-order chi connectivity index (χ1) is 8.29. The average Bonchev–Trinajstić information content (AvgIpc) is 2.79. The van der Waals surface area contributed by atoms with Crippen LogP contribution in [-0.4, -0.2) is 29.2 Å². The molecule has 1 heterocycles. The third-order valence-corrected chi connectivity index (χ3v) is 3.60. The van der Waals surface area contributed by atoms with Crippen LogP contribution in [0.3, 0.4) is 0 Å². The van der Waals surface area contributed by atoms with Gasteiger partial charge < -0.3 is 0 Å². The Morgan fingerprint density at radius 1 is 1.47 bits per heavy atom. The Hall–Kier alpha value is -1.02. The second-order valence-electron chi connectivity index (χ2n) is 4.73. The molecule has 2 rings (SSSR count). The van der Waals surface area contributed by atoms with Crippen molar-refractivity contribution in [2.45, 2.75) is 25.9 Å². The van der Waals surface area contributed by atoms with Crippen LogP contribution in [0.15, 0.2) is 35.3 Å². The Morgan fingerprint density at radius 3 is 2.94 bits per heavy atom. The van der Waals surface area contributed by atoms with Gasteiger partial charge >= 0.3 is 0 Å². The van der Waals surface area contributed by atoms with Gasteiger partial charge in [0.25, 0.3) is 0 Å². The largest absolute Gasteiger partial charge is 0.299 e. The summed E-state index contributed by atoms with van der Waals surface area (Å²) >= 11 is 4.67. The third kappa shape index (κ3) is 3.47. The molecule has 0 aliphatic carbocycles. The van der Waals surface area contributed by atoms with Gasteiger partial charge in [-0.2, -0.15) is 0 Å². The zero-order valence-corrected chi connectivity index (χ0v) is 11.0. The number of isothiocyanates is 1. The van der Waals surface area contributed by atoms with Crippen molar-refractivity contribution < 1.29 is 0 Å². The first kappa shape index (κ1) is 12.4. The summed E-state index contributed by atoms with van der Waals surface area (Å²) in [4.78, 5) is 6.68. The van der Waals surface area contributed by atoms with Crippen LogP contribution in [-0.2, 0) is 6.54 Å². The van der Waals surface area contributed by atoms with Gasteiger partial charge in [0.1, 0.15) is 0 Å². The Morgan fingerprint density at radius 2 is 2.24 bits per heavy atom. The maximum absolute atomic E-state index is 4.67. The zero-order chi connectivity index (χ0) is 12.1. The van der Waals surface area contributed by atoms with Crippen molar-refractivity contribution in [3.8, 4) is 0 Å². The van der Waals surface area contributed by atoms with Gasteiger partial charge in [-0.3, -0.25) is 4.90 Å². The maximum Gasteiger partial charge on any atom is 0.0615 e. The number of thiocarbonyl (C=S) groups is 1. The van der Waals surface area contributed by atoms with Gasteiger partial charge in [-0.05, 0) is 43.6 Å². The van der Waals surface area contributed by atoms with Gasteiger partial charge in [0.15, 0.2) is 0 Å². The summed E-state index contributed by atoms with van der Waals surface area (Å²) in [5.41, 5.74) is 1.39. The molecule has 2 nitrogen and oxygen atoms in total. The molecule has 0 amide bonds. The Bertz CT molecular complexity index is 398. The van der Waals surface area contributed by atoms with Gasteiger partial charge in [0, 0.05) is 13.1 Å². The van der Waals surface area contributed by atoms with Crippen LogP contribution in [0.2, 0.25) is 0 Å². The third-order valence-electron chi connectivity index (χ3n) is 3.50. The molecule has 2 unspecified atom stereocenters. The van der Waals surface area contributed by atoms with Crippen molar-refractivity contribution in [1.29, 1.82) is 0 Å². The SMILES string of the molecule is CC(N=C=S)C1CCN(Cc2ccccc2)C1. The van der Waals surface area contributed by atoms with E-state index in [0.717, 1.165) is 19.6 Å². The van der Waals surface area contributed by atoms with E-state index in [1.165, 1.54) is 12.0 Å². The number of aliphatic imine (C=N–C) groups is 1. The lowest BCUT2D eigenvalue weighted by Crippen LogP contribution is -2.23. The lowest BCUT2D eigenvalue weighted by Gasteiger charge is -2.17. The molecule has 0 saturated carbocycles. The van der Waals surface area contributed by atoms with E-state index < -0.39 is 0 Å². The van der Waals surface area contributed by atoms with Crippen LogP contribution < -0.4 is 0 Å². The minimum absolute atomic E-state index is 0.313. The second kappa shape index (κ2) is 6.06. The molecule has 3 heteroatoms. The molecule has 1 aromatic carbocycles. The van der Waals surface area contributed by atoms with E-state index >= 15 is 0 Å². The molecular weight excluding hydrogens is 228 g/mol. The molecule has 90 valence electrons. The van der Waals surface area contributed by atoms with Crippen LogP contribution >= 0.6 is 12.2 Å². The summed E-state index contributed by atoms with van der Waals surface area (Å²) in [6.07, 6.45) is 1.22. The average molecular weight is 246 g/mol. The van der Waals surface area contributed by atoms with E-state index in [1.807, 2.05) is 0 Å². The standard InChI is InChI=1S/C14H18N2S/c1-12(15-11-17)14-7-8-16(10-14)9-13-5-3-2-4-6-13/h2-6,12,14H,7-10H2,1H3. The van der Waals surface area contributed by atoms with E-state index in [0.29, 0.717) is 12.0 Å². The molecule has 0 aromatic heterocycles. The van der Waals surface area contributed by atoms with Crippen LogP contribution in [0, 0.1) is 5.92 Å². The maximum atomic E-state index is 4.67. The fourth-order valence-electron chi connectivity index (χ4n) is 2.43. The van der Waals surface area contributed by atoms with Gasteiger partial charge in [0.05, 0.1) is 11.2 Å². The molecule has 0 bridgehead atoms. The van der Waals surface area contributed by atoms with Gasteiger partial charge in [-0.25, -0.2) is 4.99 Å². The molecule has 17 heavy (non-hydrogen) atoms. The number of likely N-dealkylation sites (tertiary alicyclic amines) is 1. The highest BCUT2D eigenvalue weighted by molar-refractivity contribution is 7.78. The minimum Gasteiger partial charge on any atom is -0.299 e. The monoisotopic (exact) mass is 246 g/mol. The van der Waals surface area contributed by atoms with E-state index in [1.54, 1.807) is 0 Å². The summed E-state index contributed by atoms with van der Waals surface area (Å²) in [5, 5.41) is 2.50. The van der Waals surface area contributed by atoms with E-state index in [4.69, 9.17) is 0 Å². The lowest BCUT2D eigenvalue weighted by atomic mass is 10.0. The van der Waals surface area contributed by atoms with Crippen molar-refractivity contribution >= 4 is 17.4 Å². The molecule has 2 atom stereocenters. The highest BCUT2D eigenvalue weighted by atomic mass is 32.1. The topological polar surface area (TPSA) is 15.6 Å². The smallest absolute Gasteiger partial charge is 0.0615 e. The molecule has 0 N–H and O–H groups in total. The first-order valence-electron chi connectivity index (χ1n) is 6.13. The molecule has 1 aromatic rings. The highest BCUT2D eigenvalue weighted by Gasteiger charge is 2.26. The second-order valence-corrected chi connectivity index (χ2v) is 4.91. The first-order valence-corrected chi connectivity index (χ1v) is 6.53. The summed E-state index contributed by atoms with van der Waals surface area (Å²) in [5.74, 6) is 0.633. The van der Waals surface area contributed by atoms with Crippen molar-refractivity contribution in [3.05, 3.63) is 35.9 Å². The zero-order valence-electron chi connectivity index (χ0n) is 10.2. The van der Waals surface area contributed by atoms with E-state index in [9.17, 15) is 0 Å². The quantitative estimate of drug-likeness (QED) is 0.599. The Balaban J connectivity index is 1.88. The molecule has 1 saturated heterocycles. The minimum atomic E-state index is 0.313. The Labute approximate surface area is 108 Å². The molecular formula is C14H18N2S. The van der Waals surface area contributed by atoms with Crippen LogP contribution in [0.25, 0.3) is 0 Å². The van der Waals surface area contributed by atoms with Crippen molar-refractivity contribution in [2.75, 3.05) is 13.1 Å². The number of nitrogens with zero attached hydrogens (tertiary/aromatic N) is 2. The predicted octanol–water partition coefficient (Wildman–Crippen LogP) is 3.00. The van der Waals surface area contributed by atoms with Crippen LogP contribution in [0.1, 0.15) is 18.9 Å². The van der Waals surface area contributed by atoms with Gasteiger partial charge in [0.2, 0.25) is 0 Å². The molecule has 1 aliphatic rings. The van der Waals surface area contributed by atoms with Crippen molar-refractivity contribution in [3.63, 3.8) is 0 Å². The highest BCUT2D eigenvalue weighted by Crippen LogP contribution is 2.22. The van der Waals surface area contributed by atoms with Gasteiger partial charge in [-0.15, -0.1) is 0 Å².